The van der Waals surface area contributed by atoms with Gasteiger partial charge >= 0.3 is 5.97 Å². The lowest BCUT2D eigenvalue weighted by Gasteiger charge is -2.05. The molecule has 0 aliphatic rings. The highest BCUT2D eigenvalue weighted by Crippen LogP contribution is 2.13. The molecule has 2 heteroatoms. The Kier molecular flexibility index (Phi) is 22.5. The highest BCUT2D eigenvalue weighted by molar-refractivity contribution is 5.86. The fraction of sp³-hybridized carbons (Fsp3) is 0.870. The molecule has 0 aliphatic heterocycles. The summed E-state index contributed by atoms with van der Waals surface area (Å²) in [6.45, 7) is 8.09. The van der Waals surface area contributed by atoms with Crippen LogP contribution in [0, 0.1) is 0 Å². The van der Waals surface area contributed by atoms with Crippen molar-refractivity contribution in [1.82, 2.24) is 0 Å². The molecule has 0 saturated carbocycles. The van der Waals surface area contributed by atoms with E-state index in [1.54, 1.807) is 6.92 Å². The minimum atomic E-state index is -0.254. The topological polar surface area (TPSA) is 26.3 Å². The third-order valence-corrected chi connectivity index (χ3v) is 4.58. The van der Waals surface area contributed by atoms with E-state index in [0.29, 0.717) is 12.2 Å². The van der Waals surface area contributed by atoms with Crippen LogP contribution in [-0.4, -0.2) is 12.6 Å². The number of carbonyl (C=O) groups is 1. The minimum absolute atomic E-state index is 0. The van der Waals surface area contributed by atoms with Crippen LogP contribution in [0.2, 0.25) is 0 Å². The zero-order valence-electron chi connectivity index (χ0n) is 16.5. The molecule has 0 fully saturated rings. The molecule has 0 aromatic carbocycles. The second kappa shape index (κ2) is 21.3. The zero-order valence-corrected chi connectivity index (χ0v) is 16.5. The Labute approximate surface area is 158 Å². The first-order valence-electron chi connectivity index (χ1n) is 10.5. The van der Waals surface area contributed by atoms with Crippen LogP contribution in [0.1, 0.15) is 124 Å². The normalized spacial score (nSPS) is 10.3. The number of rotatable bonds is 18. The van der Waals surface area contributed by atoms with E-state index in [1.165, 1.54) is 96.3 Å². The van der Waals surface area contributed by atoms with Gasteiger partial charge in [-0.15, -0.1) is 0 Å². The summed E-state index contributed by atoms with van der Waals surface area (Å²) < 4.78 is 5.08. The second-order valence-corrected chi connectivity index (χ2v) is 7.22. The first-order valence-corrected chi connectivity index (χ1v) is 10.5. The highest BCUT2D eigenvalue weighted by Gasteiger charge is 2.01. The van der Waals surface area contributed by atoms with Crippen molar-refractivity contribution < 1.29 is 9.53 Å². The summed E-state index contributed by atoms with van der Waals surface area (Å²) in [6.07, 6.45) is 21.7. The van der Waals surface area contributed by atoms with Crippen LogP contribution in [0.4, 0.5) is 0 Å². The molecule has 0 spiro atoms. The van der Waals surface area contributed by atoms with Gasteiger partial charge in [0.25, 0.3) is 0 Å². The van der Waals surface area contributed by atoms with E-state index in [9.17, 15) is 4.79 Å². The summed E-state index contributed by atoms with van der Waals surface area (Å²) in [7, 11) is 0. The predicted octanol–water partition coefficient (Wildman–Crippen LogP) is 8.00. The van der Waals surface area contributed by atoms with Gasteiger partial charge < -0.3 is 4.74 Å². The van der Waals surface area contributed by atoms with Crippen LogP contribution >= 0.6 is 0 Å². The lowest BCUT2D eigenvalue weighted by Crippen LogP contribution is -2.05. The molecule has 0 heterocycles. The molecule has 0 aliphatic carbocycles. The first-order chi connectivity index (χ1) is 11.7. The van der Waals surface area contributed by atoms with Crippen molar-refractivity contribution in [2.24, 2.45) is 0 Å². The number of ether oxygens (including phenoxy) is 1. The largest absolute Gasteiger partial charge is 0.462 e. The lowest BCUT2D eigenvalue weighted by atomic mass is 10.0. The second-order valence-electron chi connectivity index (χ2n) is 7.22. The molecule has 0 aromatic heterocycles. The van der Waals surface area contributed by atoms with Crippen LogP contribution in [0.25, 0.3) is 0 Å². The highest BCUT2D eigenvalue weighted by atomic mass is 16.5. The molecule has 150 valence electrons. The van der Waals surface area contributed by atoms with Crippen LogP contribution in [0.3, 0.4) is 0 Å². The van der Waals surface area contributed by atoms with Crippen molar-refractivity contribution in [3.8, 4) is 0 Å². The first kappa shape index (κ1) is 26.4. The number of esters is 1. The van der Waals surface area contributed by atoms with Gasteiger partial charge in [0.1, 0.15) is 0 Å². The monoisotopic (exact) mass is 354 g/mol. The predicted molar refractivity (Wildman–Crippen MR) is 112 cm³/mol. The van der Waals surface area contributed by atoms with E-state index in [4.69, 9.17) is 4.74 Å². The molecule has 0 amide bonds. The Morgan fingerprint density at radius 3 is 1.32 bits per heavy atom. The molecular weight excluding hydrogens is 308 g/mol. The third-order valence-electron chi connectivity index (χ3n) is 4.58. The fourth-order valence-corrected chi connectivity index (χ4v) is 2.94. The molecule has 0 N–H and O–H groups in total. The maximum absolute atomic E-state index is 11.2. The Hall–Kier alpha value is -0.790. The lowest BCUT2D eigenvalue weighted by molar-refractivity contribution is -0.139. The average molecular weight is 355 g/mol. The van der Waals surface area contributed by atoms with E-state index in [1.807, 2.05) is 0 Å². The van der Waals surface area contributed by atoms with Crippen LogP contribution < -0.4 is 0 Å². The SMILES string of the molecule is C.C=C(C)C(=O)OCCCCCCCCCCCCCCCCCC. The Morgan fingerprint density at radius 1 is 0.680 bits per heavy atom. The van der Waals surface area contributed by atoms with Crippen LogP contribution in [-0.2, 0) is 9.53 Å². The molecule has 25 heavy (non-hydrogen) atoms. The van der Waals surface area contributed by atoms with Gasteiger partial charge in [0.05, 0.1) is 6.61 Å². The Balaban J connectivity index is 0. The van der Waals surface area contributed by atoms with E-state index in [2.05, 4.69) is 13.5 Å². The van der Waals surface area contributed by atoms with Crippen molar-refractivity contribution >= 4 is 5.97 Å². The molecule has 0 radical (unpaired) electrons. The number of unbranched alkanes of at least 4 members (excludes halogenated alkanes) is 15. The summed E-state index contributed by atoms with van der Waals surface area (Å²) in [6, 6.07) is 0. The zero-order chi connectivity index (χ0) is 17.9. The van der Waals surface area contributed by atoms with Crippen LogP contribution in [0.15, 0.2) is 12.2 Å². The van der Waals surface area contributed by atoms with Gasteiger partial charge in [-0.05, 0) is 13.3 Å². The molecule has 0 bridgehead atoms. The Bertz CT molecular complexity index is 296. The minimum Gasteiger partial charge on any atom is -0.462 e. The van der Waals surface area contributed by atoms with E-state index >= 15 is 0 Å². The molecule has 0 saturated heterocycles. The van der Waals surface area contributed by atoms with Crippen molar-refractivity contribution in [2.45, 2.75) is 124 Å². The van der Waals surface area contributed by atoms with Gasteiger partial charge in [0.15, 0.2) is 0 Å². The molecular formula is C23H46O2. The van der Waals surface area contributed by atoms with Gasteiger partial charge in [-0.25, -0.2) is 4.79 Å². The van der Waals surface area contributed by atoms with Gasteiger partial charge in [-0.2, -0.15) is 0 Å². The summed E-state index contributed by atoms with van der Waals surface area (Å²) in [5.41, 5.74) is 0.492. The third kappa shape index (κ3) is 21.2. The molecule has 0 atom stereocenters. The van der Waals surface area contributed by atoms with Crippen LogP contribution in [0.5, 0.6) is 0 Å². The maximum Gasteiger partial charge on any atom is 0.333 e. The number of hydrogen-bond donors (Lipinski definition) is 0. The van der Waals surface area contributed by atoms with E-state index < -0.39 is 0 Å². The quantitative estimate of drug-likeness (QED) is 0.141. The van der Waals surface area contributed by atoms with Gasteiger partial charge in [-0.1, -0.05) is 117 Å². The number of carbonyl (C=O) groups excluding carboxylic acids is 1. The van der Waals surface area contributed by atoms with Gasteiger partial charge in [0, 0.05) is 5.57 Å². The van der Waals surface area contributed by atoms with Gasteiger partial charge in [0.2, 0.25) is 0 Å². The van der Waals surface area contributed by atoms with E-state index in [0.717, 1.165) is 6.42 Å². The molecule has 0 rings (SSSR count). The number of hydrogen-bond acceptors (Lipinski definition) is 2. The van der Waals surface area contributed by atoms with Crippen molar-refractivity contribution in [2.75, 3.05) is 6.61 Å². The van der Waals surface area contributed by atoms with Crippen molar-refractivity contribution in [3.63, 3.8) is 0 Å². The molecule has 0 aromatic rings. The van der Waals surface area contributed by atoms with Crippen molar-refractivity contribution in [1.29, 1.82) is 0 Å². The summed E-state index contributed by atoms with van der Waals surface area (Å²) in [4.78, 5) is 11.2. The smallest absolute Gasteiger partial charge is 0.333 e. The fourth-order valence-electron chi connectivity index (χ4n) is 2.94. The average Bonchev–Trinajstić information content (AvgIpc) is 2.57. The van der Waals surface area contributed by atoms with E-state index in [-0.39, 0.29) is 13.4 Å². The summed E-state index contributed by atoms with van der Waals surface area (Å²) >= 11 is 0. The summed E-state index contributed by atoms with van der Waals surface area (Å²) in [5, 5.41) is 0. The molecule has 2 nitrogen and oxygen atoms in total. The maximum atomic E-state index is 11.2. The summed E-state index contributed by atoms with van der Waals surface area (Å²) in [5.74, 6) is -0.254. The Morgan fingerprint density at radius 2 is 1.00 bits per heavy atom. The van der Waals surface area contributed by atoms with Crippen molar-refractivity contribution in [3.05, 3.63) is 12.2 Å². The standard InChI is InChI=1S/C22H42O2.CH4/c1-4-5-6-7-8-9-10-11-12-13-14-15-16-17-18-19-20-24-22(23)21(2)3;/h2,4-20H2,1,3H3;1H4. The molecule has 0 unspecified atom stereocenters. The van der Waals surface area contributed by atoms with Gasteiger partial charge in [-0.3, -0.25) is 0 Å².